The summed E-state index contributed by atoms with van der Waals surface area (Å²) >= 11 is 6.37. The lowest BCUT2D eigenvalue weighted by molar-refractivity contribution is 0.103. The molecule has 2 atom stereocenters. The van der Waals surface area contributed by atoms with Crippen molar-refractivity contribution < 1.29 is 5.11 Å². The molecular formula is C33H39ClN6O. The number of hydrogen-bond donors (Lipinski definition) is 1. The number of rotatable bonds is 7. The molecule has 0 bridgehead atoms. The van der Waals surface area contributed by atoms with Crippen molar-refractivity contribution in [3.63, 3.8) is 0 Å². The van der Waals surface area contributed by atoms with E-state index in [1.807, 2.05) is 18.2 Å². The van der Waals surface area contributed by atoms with E-state index in [9.17, 15) is 5.11 Å². The first-order chi connectivity index (χ1) is 19.9. The second-order valence-electron chi connectivity index (χ2n) is 11.6. The molecule has 8 heteroatoms. The number of para-hydroxylation sites is 1. The number of halogens is 1. The highest BCUT2D eigenvalue weighted by Crippen LogP contribution is 2.33. The van der Waals surface area contributed by atoms with Gasteiger partial charge in [0.25, 0.3) is 0 Å². The van der Waals surface area contributed by atoms with E-state index in [2.05, 4.69) is 77.0 Å². The molecule has 1 N–H and O–H groups in total. The van der Waals surface area contributed by atoms with Crippen LogP contribution in [0.25, 0.3) is 10.9 Å². The number of phenolic OH excluding ortho intramolecular Hbond substituents is 1. The molecule has 2 aliphatic rings. The lowest BCUT2D eigenvalue weighted by Gasteiger charge is -2.39. The molecule has 0 amide bonds. The molecule has 2 unspecified atom stereocenters. The Morgan fingerprint density at radius 2 is 1.66 bits per heavy atom. The van der Waals surface area contributed by atoms with Gasteiger partial charge in [0.15, 0.2) is 0 Å². The number of aromatic hydroxyl groups is 1. The summed E-state index contributed by atoms with van der Waals surface area (Å²) in [7, 11) is 4.33. The van der Waals surface area contributed by atoms with Gasteiger partial charge in [0, 0.05) is 55.7 Å². The Morgan fingerprint density at radius 3 is 2.37 bits per heavy atom. The average molecular weight is 571 g/mol. The third-order valence-corrected chi connectivity index (χ3v) is 9.09. The molecule has 6 rings (SSSR count). The molecule has 0 radical (unpaired) electrons. The van der Waals surface area contributed by atoms with Crippen molar-refractivity contribution in [2.24, 2.45) is 0 Å². The largest absolute Gasteiger partial charge is 0.508 e. The summed E-state index contributed by atoms with van der Waals surface area (Å²) in [5.41, 5.74) is 4.48. The highest BCUT2D eigenvalue weighted by Gasteiger charge is 2.29. The number of fused-ring (bicyclic) bond motifs is 1. The Labute approximate surface area is 248 Å². The van der Waals surface area contributed by atoms with Gasteiger partial charge in [-0.05, 0) is 74.5 Å². The number of hydrogen-bond acceptors (Lipinski definition) is 7. The summed E-state index contributed by atoms with van der Waals surface area (Å²) in [6.45, 7) is 8.51. The van der Waals surface area contributed by atoms with Crippen LogP contribution in [0.4, 0.5) is 5.82 Å². The molecule has 2 saturated heterocycles. The van der Waals surface area contributed by atoms with Crippen LogP contribution in [-0.2, 0) is 6.54 Å². The van der Waals surface area contributed by atoms with Gasteiger partial charge in [-0.3, -0.25) is 9.80 Å². The highest BCUT2D eigenvalue weighted by molar-refractivity contribution is 6.31. The van der Waals surface area contributed by atoms with E-state index in [1.165, 1.54) is 11.1 Å². The van der Waals surface area contributed by atoms with Gasteiger partial charge in [0.05, 0.1) is 18.1 Å². The van der Waals surface area contributed by atoms with Crippen LogP contribution in [0.2, 0.25) is 5.02 Å². The first-order valence-corrected chi connectivity index (χ1v) is 14.9. The Bertz CT molecular complexity index is 1500. The van der Waals surface area contributed by atoms with E-state index < -0.39 is 0 Å². The minimum atomic E-state index is 0.0945. The fourth-order valence-electron chi connectivity index (χ4n) is 6.26. The quantitative estimate of drug-likeness (QED) is 0.322. The van der Waals surface area contributed by atoms with Gasteiger partial charge in [-0.1, -0.05) is 48.0 Å². The number of aryl methyl sites for hydroxylation is 1. The van der Waals surface area contributed by atoms with E-state index >= 15 is 0 Å². The SMILES string of the molecule is Cc1cc(C(c2ccc(O)cc2)N2CCN(Cc3nc(N4CCC(N(C)C)C4)c4ccccc4n3)CC2)ccc1Cl. The maximum atomic E-state index is 9.91. The summed E-state index contributed by atoms with van der Waals surface area (Å²) in [5, 5.41) is 11.8. The molecule has 3 heterocycles. The number of benzene rings is 3. The van der Waals surface area contributed by atoms with E-state index in [1.54, 1.807) is 12.1 Å². The molecular weight excluding hydrogens is 532 g/mol. The van der Waals surface area contributed by atoms with E-state index in [0.29, 0.717) is 6.04 Å². The summed E-state index contributed by atoms with van der Waals surface area (Å²) in [5.74, 6) is 2.24. The first-order valence-electron chi connectivity index (χ1n) is 14.5. The van der Waals surface area contributed by atoms with Crippen molar-refractivity contribution >= 4 is 28.3 Å². The highest BCUT2D eigenvalue weighted by atomic mass is 35.5. The summed E-state index contributed by atoms with van der Waals surface area (Å²) in [6.07, 6.45) is 1.15. The molecule has 2 fully saturated rings. The van der Waals surface area contributed by atoms with Crippen molar-refractivity contribution in [3.8, 4) is 5.75 Å². The number of likely N-dealkylation sites (N-methyl/N-ethyl adjacent to an activating group) is 1. The standard InChI is InChI=1S/C33H39ClN6O/c1-23-20-25(10-13-29(23)34)32(24-8-11-27(41)12-9-24)39-18-16-38(17-19-39)22-31-35-30-7-5-4-6-28(30)33(36-31)40-15-14-26(21-40)37(2)3/h4-13,20,26,32,41H,14-19,21-22H2,1-3H3. The van der Waals surface area contributed by atoms with Crippen LogP contribution >= 0.6 is 11.6 Å². The van der Waals surface area contributed by atoms with E-state index in [0.717, 1.165) is 85.4 Å². The molecule has 1 aromatic heterocycles. The first kappa shape index (κ1) is 27.9. The lowest BCUT2D eigenvalue weighted by atomic mass is 9.95. The Hall–Kier alpha value is -3.23. The number of aromatic nitrogens is 2. The molecule has 2 aliphatic heterocycles. The summed E-state index contributed by atoms with van der Waals surface area (Å²) in [6, 6.07) is 23.0. The van der Waals surface area contributed by atoms with Crippen LogP contribution in [0, 0.1) is 6.92 Å². The second-order valence-corrected chi connectivity index (χ2v) is 12.1. The van der Waals surface area contributed by atoms with Crippen molar-refractivity contribution in [3.05, 3.63) is 94.3 Å². The predicted molar refractivity (Wildman–Crippen MR) is 167 cm³/mol. The zero-order valence-electron chi connectivity index (χ0n) is 24.2. The van der Waals surface area contributed by atoms with Crippen LogP contribution in [0.1, 0.15) is 35.0 Å². The molecule has 41 heavy (non-hydrogen) atoms. The van der Waals surface area contributed by atoms with Gasteiger partial charge in [-0.2, -0.15) is 0 Å². The minimum Gasteiger partial charge on any atom is -0.508 e. The fraction of sp³-hybridized carbons (Fsp3) is 0.394. The molecule has 214 valence electrons. The number of nitrogens with zero attached hydrogens (tertiary/aromatic N) is 6. The fourth-order valence-corrected chi connectivity index (χ4v) is 6.38. The van der Waals surface area contributed by atoms with Gasteiger partial charge >= 0.3 is 0 Å². The van der Waals surface area contributed by atoms with Crippen LogP contribution in [0.15, 0.2) is 66.7 Å². The van der Waals surface area contributed by atoms with Gasteiger partial charge < -0.3 is 14.9 Å². The second kappa shape index (κ2) is 11.9. The van der Waals surface area contributed by atoms with Gasteiger partial charge in [-0.25, -0.2) is 9.97 Å². The minimum absolute atomic E-state index is 0.0945. The van der Waals surface area contributed by atoms with Crippen molar-refractivity contribution in [2.45, 2.75) is 32.0 Å². The zero-order chi connectivity index (χ0) is 28.5. The van der Waals surface area contributed by atoms with Gasteiger partial charge in [-0.15, -0.1) is 0 Å². The number of phenols is 1. The van der Waals surface area contributed by atoms with Crippen molar-refractivity contribution in [2.75, 3.05) is 58.3 Å². The lowest BCUT2D eigenvalue weighted by Crippen LogP contribution is -2.47. The van der Waals surface area contributed by atoms with E-state index in [-0.39, 0.29) is 11.8 Å². The van der Waals surface area contributed by atoms with Crippen LogP contribution in [-0.4, -0.2) is 89.2 Å². The van der Waals surface area contributed by atoms with Gasteiger partial charge in [0.2, 0.25) is 0 Å². The molecule has 7 nitrogen and oxygen atoms in total. The van der Waals surface area contributed by atoms with E-state index in [4.69, 9.17) is 21.6 Å². The van der Waals surface area contributed by atoms with Crippen molar-refractivity contribution in [1.29, 1.82) is 0 Å². The summed E-state index contributed by atoms with van der Waals surface area (Å²) in [4.78, 5) is 19.9. The van der Waals surface area contributed by atoms with Crippen LogP contribution < -0.4 is 4.90 Å². The van der Waals surface area contributed by atoms with Crippen LogP contribution in [0.5, 0.6) is 5.75 Å². The monoisotopic (exact) mass is 570 g/mol. The normalized spacial score (nSPS) is 19.3. The molecule has 0 aliphatic carbocycles. The van der Waals surface area contributed by atoms with Crippen molar-refractivity contribution in [1.82, 2.24) is 24.7 Å². The number of anilines is 1. The van der Waals surface area contributed by atoms with Gasteiger partial charge in [0.1, 0.15) is 17.4 Å². The Kier molecular flexibility index (Phi) is 8.13. The topological polar surface area (TPSA) is 59.0 Å². The van der Waals surface area contributed by atoms with Crippen LogP contribution in [0.3, 0.4) is 0 Å². The maximum absolute atomic E-state index is 9.91. The predicted octanol–water partition coefficient (Wildman–Crippen LogP) is 5.34. The Morgan fingerprint density at radius 1 is 0.927 bits per heavy atom. The smallest absolute Gasteiger partial charge is 0.145 e. The molecule has 0 saturated carbocycles. The molecule has 3 aromatic carbocycles. The third kappa shape index (κ3) is 6.04. The maximum Gasteiger partial charge on any atom is 0.145 e. The molecule has 4 aromatic rings. The summed E-state index contributed by atoms with van der Waals surface area (Å²) < 4.78 is 0. The Balaban J connectivity index is 1.20. The average Bonchev–Trinajstić information content (AvgIpc) is 3.47. The molecule has 0 spiro atoms. The zero-order valence-corrected chi connectivity index (χ0v) is 24.9. The third-order valence-electron chi connectivity index (χ3n) is 8.67. The number of piperazine rings is 1.